The molecule has 0 aromatic heterocycles. The van der Waals surface area contributed by atoms with Crippen molar-refractivity contribution in [3.05, 3.63) is 47.5 Å². The van der Waals surface area contributed by atoms with Crippen LogP contribution in [0.25, 0.3) is 0 Å². The molecule has 0 heterocycles. The van der Waals surface area contributed by atoms with Crippen molar-refractivity contribution in [3.63, 3.8) is 0 Å². The summed E-state index contributed by atoms with van der Waals surface area (Å²) in [5.41, 5.74) is 0.392. The first kappa shape index (κ1) is 18.4. The van der Waals surface area contributed by atoms with Crippen molar-refractivity contribution in [2.45, 2.75) is 0 Å². The van der Waals surface area contributed by atoms with Gasteiger partial charge in [-0.05, 0) is 0 Å². The van der Waals surface area contributed by atoms with Crippen molar-refractivity contribution in [1.82, 2.24) is 0 Å². The van der Waals surface area contributed by atoms with Gasteiger partial charge in [0, 0.05) is 0 Å². The van der Waals surface area contributed by atoms with E-state index in [1.807, 2.05) is 0 Å². The van der Waals surface area contributed by atoms with Crippen molar-refractivity contribution in [3.8, 4) is 11.5 Å². The summed E-state index contributed by atoms with van der Waals surface area (Å²) in [4.78, 5) is 22.8. The topological polar surface area (TPSA) is 93.1 Å². The van der Waals surface area contributed by atoms with Gasteiger partial charge in [0.05, 0.1) is 0 Å². The molecule has 2 aromatic rings. The van der Waals surface area contributed by atoms with Crippen LogP contribution in [0, 0.1) is 0 Å². The molecular weight excluding hydrogens is 446 g/mol. The van der Waals surface area contributed by atoms with Gasteiger partial charge in [-0.1, -0.05) is 0 Å². The number of rotatable bonds is 7. The fraction of sp³-hybridized carbons (Fsp3) is 0.125. The quantitative estimate of drug-likeness (QED) is 0.581. The van der Waals surface area contributed by atoms with E-state index < -0.39 is 11.9 Å². The van der Waals surface area contributed by atoms with Gasteiger partial charge in [0.15, 0.2) is 0 Å². The van der Waals surface area contributed by atoms with Crippen molar-refractivity contribution in [1.29, 1.82) is 0 Å². The number of hydrogen-bond donors (Lipinski definition) is 2. The molecule has 0 aliphatic heterocycles. The number of aromatic carboxylic acids is 2. The first-order valence-electron chi connectivity index (χ1n) is 6.63. The van der Waals surface area contributed by atoms with Gasteiger partial charge >= 0.3 is 150 Å². The Morgan fingerprint density at radius 1 is 0.792 bits per heavy atom. The molecule has 0 amide bonds. The Bertz CT molecular complexity index is 710. The second-order valence-corrected chi connectivity index (χ2v) is 10.7. The summed E-state index contributed by atoms with van der Waals surface area (Å²) in [5.74, 6) is -1.07. The van der Waals surface area contributed by atoms with Gasteiger partial charge in [-0.25, -0.2) is 0 Å². The zero-order valence-electron chi connectivity index (χ0n) is 12.8. The molecule has 2 N–H and O–H groups in total. The van der Waals surface area contributed by atoms with E-state index >= 15 is 0 Å². The second-order valence-electron chi connectivity index (χ2n) is 4.50. The van der Waals surface area contributed by atoms with Gasteiger partial charge in [0.25, 0.3) is 0 Å². The average molecular weight is 460 g/mol. The molecule has 0 fully saturated rings. The Hall–Kier alpha value is -1.98. The number of ether oxygens (including phenoxy) is 2. The molecule has 0 unspecified atom stereocenters. The molecule has 8 heteroatoms. The molecule has 6 nitrogen and oxygen atoms in total. The van der Waals surface area contributed by atoms with Crippen LogP contribution in [0.15, 0.2) is 36.4 Å². The van der Waals surface area contributed by atoms with Crippen LogP contribution in [-0.2, 0) is 0 Å². The zero-order chi connectivity index (χ0) is 17.7. The van der Waals surface area contributed by atoms with Crippen LogP contribution < -0.4 is 18.4 Å². The van der Waals surface area contributed by atoms with Crippen LogP contribution >= 0.6 is 0 Å². The predicted octanol–water partition coefficient (Wildman–Crippen LogP) is 0.374. The number of carbonyl (C=O) groups is 2. The van der Waals surface area contributed by atoms with Gasteiger partial charge in [-0.15, -0.1) is 0 Å². The Kier molecular flexibility index (Phi) is 6.29. The van der Waals surface area contributed by atoms with Crippen LogP contribution in [0.3, 0.4) is 0 Å². The normalized spacial score (nSPS) is 10.2. The summed E-state index contributed by atoms with van der Waals surface area (Å²) < 4.78 is 11.5. The SMILES string of the molecule is COc1ccc([Se][Se]c2ccc(OC)cc2C(=O)O)c(C(=O)O)c1. The fourth-order valence-corrected chi connectivity index (χ4v) is 8.85. The number of carboxylic acid groups (broad SMARTS) is 2. The van der Waals surface area contributed by atoms with Crippen molar-refractivity contribution in [2.75, 3.05) is 14.2 Å². The van der Waals surface area contributed by atoms with E-state index in [1.165, 1.54) is 26.4 Å². The predicted molar refractivity (Wildman–Crippen MR) is 90.7 cm³/mol. The summed E-state index contributed by atoms with van der Waals surface area (Å²) in [7, 11) is 2.96. The number of benzene rings is 2. The summed E-state index contributed by atoms with van der Waals surface area (Å²) >= 11 is -0.350. The fourth-order valence-electron chi connectivity index (χ4n) is 1.84. The van der Waals surface area contributed by atoms with Crippen LogP contribution in [0.4, 0.5) is 0 Å². The van der Waals surface area contributed by atoms with E-state index in [4.69, 9.17) is 9.47 Å². The third-order valence-electron chi connectivity index (χ3n) is 3.06. The van der Waals surface area contributed by atoms with Crippen molar-refractivity contribution >= 4 is 47.1 Å². The average Bonchev–Trinajstić information content (AvgIpc) is 2.59. The van der Waals surface area contributed by atoms with E-state index in [1.54, 1.807) is 24.3 Å². The molecule has 0 saturated carbocycles. The number of hydrogen-bond acceptors (Lipinski definition) is 4. The summed E-state index contributed by atoms with van der Waals surface area (Å²) in [6.07, 6.45) is 0. The van der Waals surface area contributed by atoms with Gasteiger partial charge < -0.3 is 0 Å². The maximum absolute atomic E-state index is 11.4. The molecule has 0 radical (unpaired) electrons. The van der Waals surface area contributed by atoms with Crippen LogP contribution in [0.2, 0.25) is 0 Å². The number of methoxy groups -OCH3 is 2. The minimum absolute atomic E-state index is 0.175. The molecule has 24 heavy (non-hydrogen) atoms. The van der Waals surface area contributed by atoms with E-state index in [2.05, 4.69) is 0 Å². The van der Waals surface area contributed by atoms with Crippen LogP contribution in [0.5, 0.6) is 11.5 Å². The Morgan fingerprint density at radius 2 is 1.17 bits per heavy atom. The Balaban J connectivity index is 2.28. The van der Waals surface area contributed by atoms with E-state index in [-0.39, 0.29) is 37.4 Å². The van der Waals surface area contributed by atoms with Gasteiger partial charge in [0.2, 0.25) is 0 Å². The summed E-state index contributed by atoms with van der Waals surface area (Å²) in [5, 5.41) is 18.7. The molecule has 2 aromatic carbocycles. The molecule has 0 spiro atoms. The Morgan fingerprint density at radius 3 is 1.46 bits per heavy atom. The van der Waals surface area contributed by atoms with Gasteiger partial charge in [-0.2, -0.15) is 0 Å². The third kappa shape index (κ3) is 4.30. The standard InChI is InChI=1S/C16H14O6Se2/c1-21-9-3-5-13(11(7-9)15(17)18)23-24-14-6-4-10(22-2)8-12(14)16(19)20/h3-8H,1-2H3,(H,17,18)(H,19,20). The first-order chi connectivity index (χ1) is 11.5. The van der Waals surface area contributed by atoms with Crippen molar-refractivity contribution in [2.24, 2.45) is 0 Å². The van der Waals surface area contributed by atoms with Gasteiger partial charge in [0.1, 0.15) is 0 Å². The van der Waals surface area contributed by atoms with Crippen LogP contribution in [-0.4, -0.2) is 62.6 Å². The van der Waals surface area contributed by atoms with Gasteiger partial charge in [-0.3, -0.25) is 0 Å². The maximum atomic E-state index is 11.4. The van der Waals surface area contributed by atoms with E-state index in [0.29, 0.717) is 20.4 Å². The molecule has 0 aliphatic carbocycles. The molecule has 0 atom stereocenters. The molecule has 0 bridgehead atoms. The first-order valence-corrected chi connectivity index (χ1v) is 12.7. The van der Waals surface area contributed by atoms with E-state index in [0.717, 1.165) is 0 Å². The monoisotopic (exact) mass is 462 g/mol. The Labute approximate surface area is 149 Å². The van der Waals surface area contributed by atoms with Crippen molar-refractivity contribution < 1.29 is 29.3 Å². The minimum atomic E-state index is -1.02. The summed E-state index contributed by atoms with van der Waals surface area (Å²) in [6, 6.07) is 9.86. The molecule has 126 valence electrons. The third-order valence-corrected chi connectivity index (χ3v) is 10.3. The molecule has 0 aliphatic rings. The summed E-state index contributed by atoms with van der Waals surface area (Å²) in [6.45, 7) is 0. The molecular formula is C16H14O6Se2. The molecule has 0 saturated heterocycles. The zero-order valence-corrected chi connectivity index (χ0v) is 16.2. The second kappa shape index (κ2) is 8.22. The van der Waals surface area contributed by atoms with Crippen LogP contribution in [0.1, 0.15) is 20.7 Å². The molecule has 2 rings (SSSR count). The van der Waals surface area contributed by atoms with E-state index in [9.17, 15) is 19.8 Å². The number of carboxylic acids is 2.